The number of benzene rings is 1. The zero-order chi connectivity index (χ0) is 12.1. The Morgan fingerprint density at radius 2 is 1.71 bits per heavy atom. The van der Waals surface area contributed by atoms with E-state index in [0.29, 0.717) is 0 Å². The van der Waals surface area contributed by atoms with Crippen LogP contribution in [0.15, 0.2) is 58.7 Å². The summed E-state index contributed by atoms with van der Waals surface area (Å²) in [6.45, 7) is 0. The van der Waals surface area contributed by atoms with Gasteiger partial charge in [0, 0.05) is 28.8 Å². The van der Waals surface area contributed by atoms with Gasteiger partial charge in [-0.25, -0.2) is 4.57 Å². The molecule has 0 aliphatic carbocycles. The fraction of sp³-hybridized carbons (Fsp3) is 0.143. The molecule has 0 spiro atoms. The molecule has 0 fully saturated rings. The summed E-state index contributed by atoms with van der Waals surface area (Å²) in [6.07, 6.45) is 7.98. The molecule has 1 heterocycles. The van der Waals surface area contributed by atoms with Crippen LogP contribution in [0, 0.1) is 0 Å². The van der Waals surface area contributed by atoms with Gasteiger partial charge in [-0.15, -0.1) is 11.8 Å². The number of thioether (sulfide) groups is 1. The van der Waals surface area contributed by atoms with E-state index in [1.165, 1.54) is 4.90 Å². The van der Waals surface area contributed by atoms with E-state index in [0.717, 1.165) is 11.3 Å². The van der Waals surface area contributed by atoms with Crippen LogP contribution in [0.4, 0.5) is 5.69 Å². The second-order valence-corrected chi connectivity index (χ2v) is 4.63. The van der Waals surface area contributed by atoms with Gasteiger partial charge < -0.3 is 0 Å². The Hall–Kier alpha value is -1.61. The maximum absolute atomic E-state index is 4.44. The molecule has 2 nitrogen and oxygen atoms in total. The van der Waals surface area contributed by atoms with Crippen LogP contribution in [0.3, 0.4) is 0 Å². The lowest BCUT2D eigenvalue weighted by atomic mass is 10.3. The van der Waals surface area contributed by atoms with Crippen LogP contribution < -0.4 is 4.57 Å². The minimum atomic E-state index is 0.982. The lowest BCUT2D eigenvalue weighted by Crippen LogP contribution is -2.25. The summed E-state index contributed by atoms with van der Waals surface area (Å²) in [5, 5.41) is 0. The maximum Gasteiger partial charge on any atom is 0.169 e. The first-order valence-corrected chi connectivity index (χ1v) is 6.64. The molecule has 0 radical (unpaired) electrons. The zero-order valence-electron chi connectivity index (χ0n) is 10.00. The van der Waals surface area contributed by atoms with E-state index in [4.69, 9.17) is 0 Å². The number of aliphatic imine (C=N–C) groups is 1. The molecule has 0 aliphatic rings. The fourth-order valence-corrected chi connectivity index (χ4v) is 1.82. The number of pyridine rings is 1. The quantitative estimate of drug-likeness (QED) is 0.460. The average Bonchev–Trinajstić information content (AvgIpc) is 2.39. The molecule has 86 valence electrons. The van der Waals surface area contributed by atoms with Crippen molar-refractivity contribution in [2.45, 2.75) is 4.90 Å². The van der Waals surface area contributed by atoms with Gasteiger partial charge in [0.05, 0.1) is 5.69 Å². The molecular weight excluding hydrogens is 228 g/mol. The van der Waals surface area contributed by atoms with Crippen molar-refractivity contribution in [3.8, 4) is 0 Å². The van der Waals surface area contributed by atoms with Crippen LogP contribution in [0.1, 0.15) is 5.56 Å². The molecule has 0 unspecified atom stereocenters. The first-order valence-electron chi connectivity index (χ1n) is 5.41. The number of hydrogen-bond donors (Lipinski definition) is 0. The summed E-state index contributed by atoms with van der Waals surface area (Å²) in [4.78, 5) is 5.70. The minimum Gasteiger partial charge on any atom is -0.256 e. The van der Waals surface area contributed by atoms with Crippen molar-refractivity contribution in [3.05, 3.63) is 54.4 Å². The Morgan fingerprint density at radius 3 is 2.29 bits per heavy atom. The molecule has 0 saturated carbocycles. The molecule has 17 heavy (non-hydrogen) atoms. The van der Waals surface area contributed by atoms with Crippen molar-refractivity contribution in [2.75, 3.05) is 6.26 Å². The Balaban J connectivity index is 2.11. The summed E-state index contributed by atoms with van der Waals surface area (Å²) in [7, 11) is 2.00. The van der Waals surface area contributed by atoms with Crippen LogP contribution >= 0.6 is 11.8 Å². The minimum absolute atomic E-state index is 0.982. The Labute approximate surface area is 106 Å². The third kappa shape index (κ3) is 3.43. The molecule has 0 bridgehead atoms. The third-order valence-corrected chi connectivity index (χ3v) is 3.18. The molecule has 0 N–H and O–H groups in total. The third-order valence-electron chi connectivity index (χ3n) is 2.44. The predicted octanol–water partition coefficient (Wildman–Crippen LogP) is 2.98. The second kappa shape index (κ2) is 5.64. The van der Waals surface area contributed by atoms with Gasteiger partial charge in [-0.2, -0.15) is 0 Å². The zero-order valence-corrected chi connectivity index (χ0v) is 10.8. The average molecular weight is 243 g/mol. The number of nitrogens with zero attached hydrogens (tertiary/aromatic N) is 2. The SMILES string of the molecule is CSc1ccc(N=Cc2cc[n+](C)cc2)cc1. The first-order chi connectivity index (χ1) is 8.28. The van der Waals surface area contributed by atoms with Crippen molar-refractivity contribution in [1.82, 2.24) is 0 Å². The number of rotatable bonds is 3. The highest BCUT2D eigenvalue weighted by atomic mass is 32.2. The van der Waals surface area contributed by atoms with Gasteiger partial charge in [-0.3, -0.25) is 4.99 Å². The van der Waals surface area contributed by atoms with E-state index in [2.05, 4.69) is 23.4 Å². The van der Waals surface area contributed by atoms with Crippen LogP contribution in [0.5, 0.6) is 0 Å². The van der Waals surface area contributed by atoms with Crippen LogP contribution in [0.2, 0.25) is 0 Å². The molecule has 1 aromatic heterocycles. The van der Waals surface area contributed by atoms with E-state index in [9.17, 15) is 0 Å². The lowest BCUT2D eigenvalue weighted by molar-refractivity contribution is -0.671. The lowest BCUT2D eigenvalue weighted by Gasteiger charge is -1.96. The Bertz CT molecular complexity index is 501. The second-order valence-electron chi connectivity index (χ2n) is 3.75. The van der Waals surface area contributed by atoms with Crippen molar-refractivity contribution >= 4 is 23.7 Å². The van der Waals surface area contributed by atoms with E-state index in [1.807, 2.05) is 54.5 Å². The summed E-state index contributed by atoms with van der Waals surface area (Å²) < 4.78 is 2.00. The standard InChI is InChI=1S/C14H15N2S/c1-16-9-7-12(8-10-16)11-15-13-3-5-14(17-2)6-4-13/h3-11H,1-2H3/q+1. The molecule has 0 amide bonds. The first kappa shape index (κ1) is 11.9. The van der Waals surface area contributed by atoms with Crippen molar-refractivity contribution in [2.24, 2.45) is 12.0 Å². The molecule has 2 aromatic rings. The van der Waals surface area contributed by atoms with Crippen LogP contribution in [-0.2, 0) is 7.05 Å². The highest BCUT2D eigenvalue weighted by Gasteiger charge is 1.93. The van der Waals surface area contributed by atoms with Crippen molar-refractivity contribution in [3.63, 3.8) is 0 Å². The van der Waals surface area contributed by atoms with Gasteiger partial charge in [0.25, 0.3) is 0 Å². The van der Waals surface area contributed by atoms with E-state index < -0.39 is 0 Å². The normalized spacial score (nSPS) is 10.9. The van der Waals surface area contributed by atoms with Gasteiger partial charge in [0.1, 0.15) is 7.05 Å². The summed E-state index contributed by atoms with van der Waals surface area (Å²) in [5.74, 6) is 0. The Morgan fingerprint density at radius 1 is 1.06 bits per heavy atom. The fourth-order valence-electron chi connectivity index (χ4n) is 1.42. The maximum atomic E-state index is 4.44. The number of aromatic nitrogens is 1. The molecule has 1 aromatic carbocycles. The van der Waals surface area contributed by atoms with Crippen LogP contribution in [-0.4, -0.2) is 12.5 Å². The molecule has 0 atom stereocenters. The highest BCUT2D eigenvalue weighted by Crippen LogP contribution is 2.19. The van der Waals surface area contributed by atoms with Crippen LogP contribution in [0.25, 0.3) is 0 Å². The molecule has 0 aliphatic heterocycles. The van der Waals surface area contributed by atoms with Gasteiger partial charge in [-0.1, -0.05) is 0 Å². The van der Waals surface area contributed by atoms with Gasteiger partial charge in [0.15, 0.2) is 12.4 Å². The summed E-state index contributed by atoms with van der Waals surface area (Å²) >= 11 is 1.74. The van der Waals surface area contributed by atoms with E-state index >= 15 is 0 Å². The van der Waals surface area contributed by atoms with Gasteiger partial charge >= 0.3 is 0 Å². The molecule has 0 saturated heterocycles. The number of aryl methyl sites for hydroxylation is 1. The summed E-state index contributed by atoms with van der Waals surface area (Å²) in [6, 6.07) is 12.3. The van der Waals surface area contributed by atoms with Gasteiger partial charge in [0.2, 0.25) is 0 Å². The van der Waals surface area contributed by atoms with E-state index in [-0.39, 0.29) is 0 Å². The smallest absolute Gasteiger partial charge is 0.169 e. The summed E-state index contributed by atoms with van der Waals surface area (Å²) in [5.41, 5.74) is 2.09. The Kier molecular flexibility index (Phi) is 3.94. The monoisotopic (exact) mass is 243 g/mol. The van der Waals surface area contributed by atoms with Crippen molar-refractivity contribution < 1.29 is 4.57 Å². The predicted molar refractivity (Wildman–Crippen MR) is 73.1 cm³/mol. The highest BCUT2D eigenvalue weighted by molar-refractivity contribution is 7.98. The van der Waals surface area contributed by atoms with Crippen molar-refractivity contribution in [1.29, 1.82) is 0 Å². The molecule has 2 rings (SSSR count). The van der Waals surface area contributed by atoms with E-state index in [1.54, 1.807) is 11.8 Å². The molecular formula is C14H15N2S+. The molecule has 3 heteroatoms. The van der Waals surface area contributed by atoms with Gasteiger partial charge in [-0.05, 0) is 30.5 Å². The largest absolute Gasteiger partial charge is 0.256 e. The topological polar surface area (TPSA) is 16.2 Å². The number of hydrogen-bond acceptors (Lipinski definition) is 2.